The molecule has 6 heteroatoms. The molecular weight excluding hydrogens is 374 g/mol. The summed E-state index contributed by atoms with van der Waals surface area (Å²) in [6, 6.07) is 13.9. The maximum Gasteiger partial charge on any atom is 0.253 e. The number of thiophene rings is 2. The molecule has 0 N–H and O–H groups in total. The van der Waals surface area contributed by atoms with E-state index in [4.69, 9.17) is 9.97 Å². The molecule has 0 radical (unpaired) electrons. The average Bonchev–Trinajstić information content (AvgIpc) is 3.48. The SMILES string of the molecule is O=C(c1ccc2nc(-c3cccs3)c(-c3cccs3)nc2c1)N1CCCC1. The van der Waals surface area contributed by atoms with Gasteiger partial charge in [-0.25, -0.2) is 9.97 Å². The average molecular weight is 392 g/mol. The zero-order valence-electron chi connectivity index (χ0n) is 14.6. The van der Waals surface area contributed by atoms with Gasteiger partial charge in [0.1, 0.15) is 11.4 Å². The predicted molar refractivity (Wildman–Crippen MR) is 111 cm³/mol. The van der Waals surface area contributed by atoms with Gasteiger partial charge in [0.15, 0.2) is 0 Å². The number of aromatic nitrogens is 2. The minimum Gasteiger partial charge on any atom is -0.339 e. The predicted octanol–water partition coefficient (Wildman–Crippen LogP) is 5.32. The molecule has 0 atom stereocenters. The largest absolute Gasteiger partial charge is 0.339 e. The Balaban J connectivity index is 1.65. The molecule has 4 nitrogen and oxygen atoms in total. The molecule has 3 aromatic heterocycles. The molecule has 0 bridgehead atoms. The van der Waals surface area contributed by atoms with Crippen molar-refractivity contribution < 1.29 is 4.79 Å². The second kappa shape index (κ2) is 6.87. The highest BCUT2D eigenvalue weighted by Crippen LogP contribution is 2.35. The fourth-order valence-corrected chi connectivity index (χ4v) is 4.89. The number of carbonyl (C=O) groups excluding carboxylic acids is 1. The summed E-state index contributed by atoms with van der Waals surface area (Å²) < 4.78 is 0. The number of hydrogen-bond acceptors (Lipinski definition) is 5. The molecule has 0 aliphatic carbocycles. The summed E-state index contributed by atoms with van der Waals surface area (Å²) in [4.78, 5) is 26.7. The Kier molecular flexibility index (Phi) is 4.22. The third kappa shape index (κ3) is 3.05. The van der Waals surface area contributed by atoms with Gasteiger partial charge in [0, 0.05) is 18.7 Å². The molecule has 5 rings (SSSR count). The monoisotopic (exact) mass is 391 g/mol. The maximum absolute atomic E-state index is 12.7. The number of likely N-dealkylation sites (tertiary alicyclic amines) is 1. The van der Waals surface area contributed by atoms with Gasteiger partial charge in [0.25, 0.3) is 5.91 Å². The fourth-order valence-electron chi connectivity index (χ4n) is 3.46. The lowest BCUT2D eigenvalue weighted by Crippen LogP contribution is -2.27. The van der Waals surface area contributed by atoms with Crippen molar-refractivity contribution in [2.45, 2.75) is 12.8 Å². The smallest absolute Gasteiger partial charge is 0.253 e. The highest BCUT2D eigenvalue weighted by atomic mass is 32.1. The van der Waals surface area contributed by atoms with Crippen LogP contribution in [0.3, 0.4) is 0 Å². The number of hydrogen-bond donors (Lipinski definition) is 0. The minimum atomic E-state index is 0.0937. The molecule has 0 spiro atoms. The molecule has 0 unspecified atom stereocenters. The standard InChI is InChI=1S/C21H17N3OS2/c25-21(24-9-1-2-10-24)14-7-8-15-16(13-14)23-20(18-6-4-12-27-18)19(22-15)17-5-3-11-26-17/h3-8,11-13H,1-2,9-10H2. The van der Waals surface area contributed by atoms with E-state index in [1.54, 1.807) is 22.7 Å². The van der Waals surface area contributed by atoms with Crippen LogP contribution in [0, 0.1) is 0 Å². The number of amides is 1. The Bertz CT molecular complexity index is 1100. The Morgan fingerprint density at radius 3 is 2.07 bits per heavy atom. The molecule has 1 fully saturated rings. The Hall–Kier alpha value is -2.57. The van der Waals surface area contributed by atoms with Crippen LogP contribution in [-0.4, -0.2) is 33.9 Å². The van der Waals surface area contributed by atoms with Gasteiger partial charge in [-0.2, -0.15) is 0 Å². The van der Waals surface area contributed by atoms with Gasteiger partial charge in [-0.05, 0) is 53.9 Å². The quantitative estimate of drug-likeness (QED) is 0.475. The second-order valence-electron chi connectivity index (χ2n) is 6.58. The van der Waals surface area contributed by atoms with Gasteiger partial charge in [-0.1, -0.05) is 12.1 Å². The first-order valence-corrected chi connectivity index (χ1v) is 10.7. The van der Waals surface area contributed by atoms with Crippen molar-refractivity contribution in [3.05, 3.63) is 58.8 Å². The van der Waals surface area contributed by atoms with Crippen LogP contribution < -0.4 is 0 Å². The molecule has 1 saturated heterocycles. The van der Waals surface area contributed by atoms with E-state index >= 15 is 0 Å². The van der Waals surface area contributed by atoms with Gasteiger partial charge in [0.05, 0.1) is 20.8 Å². The summed E-state index contributed by atoms with van der Waals surface area (Å²) in [7, 11) is 0. The third-order valence-corrected chi connectivity index (χ3v) is 6.57. The van der Waals surface area contributed by atoms with Crippen LogP contribution in [0.15, 0.2) is 53.2 Å². The lowest BCUT2D eigenvalue weighted by molar-refractivity contribution is 0.0793. The lowest BCUT2D eigenvalue weighted by atomic mass is 10.1. The topological polar surface area (TPSA) is 46.1 Å². The lowest BCUT2D eigenvalue weighted by Gasteiger charge is -2.15. The molecule has 1 aliphatic heterocycles. The van der Waals surface area contributed by atoms with E-state index < -0.39 is 0 Å². The first-order valence-electron chi connectivity index (χ1n) is 8.98. The number of benzene rings is 1. The van der Waals surface area contributed by atoms with Crippen LogP contribution in [0.1, 0.15) is 23.2 Å². The van der Waals surface area contributed by atoms with Crippen LogP contribution in [0.2, 0.25) is 0 Å². The molecule has 134 valence electrons. The minimum absolute atomic E-state index is 0.0937. The molecule has 1 amide bonds. The van der Waals surface area contributed by atoms with Gasteiger partial charge < -0.3 is 4.90 Å². The molecule has 1 aromatic carbocycles. The van der Waals surface area contributed by atoms with Gasteiger partial charge in [-0.3, -0.25) is 4.79 Å². The highest BCUT2D eigenvalue weighted by molar-refractivity contribution is 7.14. The van der Waals surface area contributed by atoms with Crippen LogP contribution in [-0.2, 0) is 0 Å². The summed E-state index contributed by atoms with van der Waals surface area (Å²) in [5.41, 5.74) is 4.06. The summed E-state index contributed by atoms with van der Waals surface area (Å²) in [5.74, 6) is 0.0937. The molecular formula is C21H17N3OS2. The van der Waals surface area contributed by atoms with Gasteiger partial charge >= 0.3 is 0 Å². The molecule has 1 aliphatic rings. The van der Waals surface area contributed by atoms with Gasteiger partial charge in [-0.15, -0.1) is 22.7 Å². The number of rotatable bonds is 3. The van der Waals surface area contributed by atoms with Crippen LogP contribution >= 0.6 is 22.7 Å². The summed E-state index contributed by atoms with van der Waals surface area (Å²) in [5, 5.41) is 4.10. The van der Waals surface area contributed by atoms with E-state index in [9.17, 15) is 4.79 Å². The molecule has 27 heavy (non-hydrogen) atoms. The highest BCUT2D eigenvalue weighted by Gasteiger charge is 2.21. The Labute approximate surface area is 165 Å². The van der Waals surface area contributed by atoms with E-state index in [0.29, 0.717) is 5.56 Å². The number of carbonyl (C=O) groups is 1. The second-order valence-corrected chi connectivity index (χ2v) is 8.47. The van der Waals surface area contributed by atoms with Crippen molar-refractivity contribution in [1.82, 2.24) is 14.9 Å². The first-order chi connectivity index (χ1) is 13.3. The molecule has 0 saturated carbocycles. The van der Waals surface area contributed by atoms with Crippen molar-refractivity contribution in [3.63, 3.8) is 0 Å². The fraction of sp³-hybridized carbons (Fsp3) is 0.190. The Morgan fingerprint density at radius 2 is 1.48 bits per heavy atom. The zero-order chi connectivity index (χ0) is 18.2. The maximum atomic E-state index is 12.7. The summed E-state index contributed by atoms with van der Waals surface area (Å²) >= 11 is 3.32. The van der Waals surface area contributed by atoms with E-state index in [1.807, 2.05) is 40.6 Å². The summed E-state index contributed by atoms with van der Waals surface area (Å²) in [6.07, 6.45) is 2.18. The van der Waals surface area contributed by atoms with Crippen molar-refractivity contribution in [2.75, 3.05) is 13.1 Å². The Morgan fingerprint density at radius 1 is 0.852 bits per heavy atom. The van der Waals surface area contributed by atoms with Crippen molar-refractivity contribution >= 4 is 39.6 Å². The van der Waals surface area contributed by atoms with E-state index in [1.165, 1.54) is 0 Å². The molecule has 4 heterocycles. The first kappa shape index (κ1) is 16.6. The summed E-state index contributed by atoms with van der Waals surface area (Å²) in [6.45, 7) is 1.70. The van der Waals surface area contributed by atoms with Crippen molar-refractivity contribution in [3.8, 4) is 21.1 Å². The van der Waals surface area contributed by atoms with Crippen LogP contribution in [0.4, 0.5) is 0 Å². The van der Waals surface area contributed by atoms with Crippen molar-refractivity contribution in [2.24, 2.45) is 0 Å². The van der Waals surface area contributed by atoms with Gasteiger partial charge in [0.2, 0.25) is 0 Å². The van der Waals surface area contributed by atoms with E-state index in [0.717, 1.165) is 58.1 Å². The van der Waals surface area contributed by atoms with E-state index in [-0.39, 0.29) is 5.91 Å². The third-order valence-electron chi connectivity index (χ3n) is 4.81. The van der Waals surface area contributed by atoms with Crippen LogP contribution in [0.5, 0.6) is 0 Å². The number of nitrogens with zero attached hydrogens (tertiary/aromatic N) is 3. The van der Waals surface area contributed by atoms with Crippen LogP contribution in [0.25, 0.3) is 32.2 Å². The molecule has 4 aromatic rings. The zero-order valence-corrected chi connectivity index (χ0v) is 16.2. The number of fused-ring (bicyclic) bond motifs is 1. The van der Waals surface area contributed by atoms with E-state index in [2.05, 4.69) is 17.5 Å². The normalized spacial score (nSPS) is 14.1. The van der Waals surface area contributed by atoms with Crippen molar-refractivity contribution in [1.29, 1.82) is 0 Å².